The molecule has 0 aromatic heterocycles. The molecule has 0 aromatic carbocycles. The molecule has 0 bridgehead atoms. The number of aliphatic hydroxyl groups is 2. The Balaban J connectivity index is 0. The average Bonchev–Trinajstić information content (AvgIpc) is 1.61. The van der Waals surface area contributed by atoms with Gasteiger partial charge in [0.25, 0.3) is 0 Å². The van der Waals surface area contributed by atoms with Gasteiger partial charge >= 0.3 is 51.4 Å². The Morgan fingerprint density at radius 2 is 1.29 bits per heavy atom. The Morgan fingerprint density at radius 3 is 1.43 bits per heavy atom. The maximum atomic E-state index is 8.00. The standard InChI is InChI=1S/C4H8O2.K.H/c5-3-1-2-4-6;;/h1-2,5-6H,3-4H2;;/b2-1+;;. The van der Waals surface area contributed by atoms with Crippen LogP contribution in [0.25, 0.3) is 0 Å². The monoisotopic (exact) mass is 128 g/mol. The zero-order valence-corrected chi connectivity index (χ0v) is 3.46. The predicted octanol–water partition coefficient (Wildman–Crippen LogP) is -1.12. The molecule has 0 rings (SSSR count). The summed E-state index contributed by atoms with van der Waals surface area (Å²) >= 11 is 0. The van der Waals surface area contributed by atoms with E-state index in [2.05, 4.69) is 0 Å². The second kappa shape index (κ2) is 10.3. The van der Waals surface area contributed by atoms with Crippen LogP contribution in [0, 0.1) is 0 Å². The van der Waals surface area contributed by atoms with Gasteiger partial charge in [-0.15, -0.1) is 0 Å². The van der Waals surface area contributed by atoms with E-state index in [1.807, 2.05) is 0 Å². The van der Waals surface area contributed by atoms with Crippen LogP contribution in [0.5, 0.6) is 0 Å². The second-order valence-electron chi connectivity index (χ2n) is 0.837. The third kappa shape index (κ3) is 11.1. The number of aliphatic hydroxyl groups excluding tert-OH is 2. The van der Waals surface area contributed by atoms with E-state index in [0.717, 1.165) is 0 Å². The fourth-order valence-electron chi connectivity index (χ4n) is 0.149. The van der Waals surface area contributed by atoms with Gasteiger partial charge < -0.3 is 10.2 Å². The Bertz CT molecular complexity index is 39.0. The van der Waals surface area contributed by atoms with Gasteiger partial charge in [0.1, 0.15) is 0 Å². The van der Waals surface area contributed by atoms with Gasteiger partial charge in [0.2, 0.25) is 0 Å². The fraction of sp³-hybridized carbons (Fsp3) is 0.500. The Kier molecular flexibility index (Phi) is 16.4. The van der Waals surface area contributed by atoms with E-state index in [1.165, 1.54) is 12.2 Å². The Hall–Kier alpha value is 1.30. The topological polar surface area (TPSA) is 40.5 Å². The van der Waals surface area contributed by atoms with Crippen LogP contribution in [0.15, 0.2) is 12.2 Å². The van der Waals surface area contributed by atoms with Crippen LogP contribution in [0.3, 0.4) is 0 Å². The quantitative estimate of drug-likeness (QED) is 0.365. The molecule has 0 aliphatic heterocycles. The molecule has 0 unspecified atom stereocenters. The fourth-order valence-corrected chi connectivity index (χ4v) is 0.149. The first-order valence-electron chi connectivity index (χ1n) is 1.78. The van der Waals surface area contributed by atoms with Crippen molar-refractivity contribution < 1.29 is 10.2 Å². The van der Waals surface area contributed by atoms with Crippen LogP contribution in [-0.2, 0) is 0 Å². The summed E-state index contributed by atoms with van der Waals surface area (Å²) in [5.74, 6) is 0. The van der Waals surface area contributed by atoms with Crippen molar-refractivity contribution in [2.45, 2.75) is 0 Å². The molecule has 0 saturated carbocycles. The summed E-state index contributed by atoms with van der Waals surface area (Å²) in [6.07, 6.45) is 2.97. The third-order valence-corrected chi connectivity index (χ3v) is 0.377. The van der Waals surface area contributed by atoms with Gasteiger partial charge in [-0.2, -0.15) is 0 Å². The van der Waals surface area contributed by atoms with Crippen molar-refractivity contribution in [3.05, 3.63) is 12.2 Å². The molecule has 0 radical (unpaired) electrons. The number of hydrogen-bond donors (Lipinski definition) is 2. The molecule has 0 fully saturated rings. The molecule has 0 aromatic rings. The van der Waals surface area contributed by atoms with Gasteiger partial charge in [0.15, 0.2) is 0 Å². The second-order valence-corrected chi connectivity index (χ2v) is 0.837. The SMILES string of the molecule is OC/C=C/CO.[KH]. The maximum absolute atomic E-state index is 8.00. The molecule has 0 atom stereocenters. The van der Waals surface area contributed by atoms with E-state index in [1.54, 1.807) is 0 Å². The van der Waals surface area contributed by atoms with E-state index in [-0.39, 0.29) is 64.6 Å². The van der Waals surface area contributed by atoms with Crippen LogP contribution in [0.2, 0.25) is 0 Å². The van der Waals surface area contributed by atoms with E-state index < -0.39 is 0 Å². The summed E-state index contributed by atoms with van der Waals surface area (Å²) < 4.78 is 0. The summed E-state index contributed by atoms with van der Waals surface area (Å²) in [7, 11) is 0. The Labute approximate surface area is 85.7 Å². The molecule has 38 valence electrons. The predicted molar refractivity (Wildman–Crippen MR) is 30.5 cm³/mol. The number of rotatable bonds is 2. The summed E-state index contributed by atoms with van der Waals surface area (Å²) in [5, 5.41) is 16.0. The van der Waals surface area contributed by atoms with E-state index >= 15 is 0 Å². The van der Waals surface area contributed by atoms with Crippen molar-refractivity contribution in [2.24, 2.45) is 0 Å². The van der Waals surface area contributed by atoms with E-state index in [0.29, 0.717) is 0 Å². The summed E-state index contributed by atoms with van der Waals surface area (Å²) in [5.41, 5.74) is 0. The molecule has 7 heavy (non-hydrogen) atoms. The van der Waals surface area contributed by atoms with Crippen LogP contribution >= 0.6 is 0 Å². The first-order chi connectivity index (χ1) is 2.91. The van der Waals surface area contributed by atoms with Crippen LogP contribution in [-0.4, -0.2) is 74.8 Å². The van der Waals surface area contributed by atoms with Crippen LogP contribution in [0.1, 0.15) is 0 Å². The summed E-state index contributed by atoms with van der Waals surface area (Å²) in [6.45, 7) is 0.0289. The van der Waals surface area contributed by atoms with Crippen molar-refractivity contribution in [1.82, 2.24) is 0 Å². The minimum atomic E-state index is 0. The zero-order chi connectivity index (χ0) is 4.83. The molecule has 0 aliphatic rings. The molecular weight excluding hydrogens is 119 g/mol. The van der Waals surface area contributed by atoms with Crippen molar-refractivity contribution in [3.8, 4) is 0 Å². The first-order valence-corrected chi connectivity index (χ1v) is 1.78. The molecular formula is C4H9KO2. The van der Waals surface area contributed by atoms with Gasteiger partial charge in [-0.25, -0.2) is 0 Å². The normalized spacial score (nSPS) is 8.86. The molecule has 0 spiro atoms. The van der Waals surface area contributed by atoms with Gasteiger partial charge in [0, 0.05) is 0 Å². The van der Waals surface area contributed by atoms with Crippen LogP contribution in [0.4, 0.5) is 0 Å². The van der Waals surface area contributed by atoms with Gasteiger partial charge in [-0.3, -0.25) is 0 Å². The van der Waals surface area contributed by atoms with Crippen molar-refractivity contribution >= 4 is 51.4 Å². The number of hydrogen-bond acceptors (Lipinski definition) is 2. The molecule has 0 heterocycles. The average molecular weight is 128 g/mol. The molecule has 0 amide bonds. The molecule has 0 aliphatic carbocycles. The molecule has 0 saturated heterocycles. The molecule has 2 nitrogen and oxygen atoms in total. The first kappa shape index (κ1) is 11.1. The van der Waals surface area contributed by atoms with E-state index in [4.69, 9.17) is 10.2 Å². The van der Waals surface area contributed by atoms with Gasteiger partial charge in [0.05, 0.1) is 13.2 Å². The van der Waals surface area contributed by atoms with E-state index in [9.17, 15) is 0 Å². The van der Waals surface area contributed by atoms with Crippen LogP contribution < -0.4 is 0 Å². The summed E-state index contributed by atoms with van der Waals surface area (Å²) in [4.78, 5) is 0. The summed E-state index contributed by atoms with van der Waals surface area (Å²) in [6, 6.07) is 0. The molecule has 3 heteroatoms. The van der Waals surface area contributed by atoms with Crippen molar-refractivity contribution in [1.29, 1.82) is 0 Å². The zero-order valence-electron chi connectivity index (χ0n) is 3.46. The van der Waals surface area contributed by atoms with Crippen molar-refractivity contribution in [2.75, 3.05) is 13.2 Å². The Morgan fingerprint density at radius 1 is 1.00 bits per heavy atom. The third-order valence-electron chi connectivity index (χ3n) is 0.377. The van der Waals surface area contributed by atoms with Crippen molar-refractivity contribution in [3.63, 3.8) is 0 Å². The van der Waals surface area contributed by atoms with Gasteiger partial charge in [-0.05, 0) is 0 Å². The molecule has 2 N–H and O–H groups in total. The minimum absolute atomic E-state index is 0. The van der Waals surface area contributed by atoms with Gasteiger partial charge in [-0.1, -0.05) is 12.2 Å².